The molecule has 8 N–H and O–H groups in total. The van der Waals surface area contributed by atoms with Gasteiger partial charge in [0.1, 0.15) is 17.2 Å². The van der Waals surface area contributed by atoms with Crippen LogP contribution in [0.5, 0.6) is 0 Å². The molecule has 5 aliphatic heterocycles. The first-order valence-electron chi connectivity index (χ1n) is 19.5. The van der Waals surface area contributed by atoms with Gasteiger partial charge in [0, 0.05) is 30.7 Å². The van der Waals surface area contributed by atoms with Crippen LogP contribution >= 0.6 is 0 Å². The second kappa shape index (κ2) is 22.6. The van der Waals surface area contributed by atoms with Crippen molar-refractivity contribution in [3.05, 3.63) is 71.8 Å². The zero-order valence-electron chi connectivity index (χ0n) is 32.0. The van der Waals surface area contributed by atoms with Crippen molar-refractivity contribution in [2.45, 2.75) is 139 Å². The quantitative estimate of drug-likeness (QED) is 0.206. The van der Waals surface area contributed by atoms with Gasteiger partial charge in [-0.25, -0.2) is 0 Å². The maximum atomic E-state index is 10.7. The molecule has 0 saturated carbocycles. The first kappa shape index (κ1) is 43.0. The normalized spacial score (nSPS) is 28.9. The molecular formula is C41H69N5O5. The molecule has 0 spiro atoms. The van der Waals surface area contributed by atoms with Crippen molar-refractivity contribution in [2.75, 3.05) is 39.8 Å². The summed E-state index contributed by atoms with van der Waals surface area (Å²) in [7, 11) is 1.42. The predicted octanol–water partition coefficient (Wildman–Crippen LogP) is 4.08. The number of aliphatic hydroxyl groups excluding tert-OH is 1. The van der Waals surface area contributed by atoms with E-state index in [1.165, 1.54) is 52.3 Å². The molecule has 10 nitrogen and oxygen atoms in total. The van der Waals surface area contributed by atoms with Crippen LogP contribution in [0.2, 0.25) is 0 Å². The maximum absolute atomic E-state index is 10.7. The molecule has 51 heavy (non-hydrogen) atoms. The molecule has 5 saturated heterocycles. The van der Waals surface area contributed by atoms with Gasteiger partial charge in [0.05, 0.1) is 13.2 Å². The number of ether oxygens (including phenoxy) is 1. The minimum absolute atomic E-state index is 0.0324. The van der Waals surface area contributed by atoms with Gasteiger partial charge in [0.2, 0.25) is 0 Å². The maximum Gasteiger partial charge on any atom is 0.322 e. The highest BCUT2D eigenvalue weighted by atomic mass is 16.5. The number of nitrogens with one attached hydrogen (secondary N) is 5. The summed E-state index contributed by atoms with van der Waals surface area (Å²) in [5.41, 5.74) is 0.229. The molecule has 5 fully saturated rings. The van der Waals surface area contributed by atoms with Crippen molar-refractivity contribution in [2.24, 2.45) is 0 Å². The SMILES string of the molecule is CC(O)(c1ccccc1)[C@@H]1CCCN1.CC(O)(c1ccccc1)[C@@H]1C[C@@H](O)CN1.CC[C@@H]1CCCN1.COC(=O)[C@@H]1CCCN1.C[C@@H]1CCCN1. The highest BCUT2D eigenvalue weighted by Crippen LogP contribution is 2.30. The van der Waals surface area contributed by atoms with Gasteiger partial charge in [-0.3, -0.25) is 4.79 Å². The van der Waals surface area contributed by atoms with Crippen molar-refractivity contribution >= 4 is 5.97 Å². The van der Waals surface area contributed by atoms with Crippen molar-refractivity contribution in [1.29, 1.82) is 0 Å². The van der Waals surface area contributed by atoms with Crippen LogP contribution in [0.15, 0.2) is 60.7 Å². The standard InChI is InChI=1S/C12H17NO2.C12H17NO.C6H11NO2.C6H13N.C5H11N/c1-12(15,9-5-3-2-4-6-9)11-7-10(14)8-13-11;1-12(14,11-8-5-9-13-11)10-6-3-2-4-7-10;1-9-6(8)5-3-2-4-7-5;1-2-6-4-3-5-7-6;1-5-3-2-4-6-5/h2-6,10-11,13-15H,7-8H2,1H3;2-4,6-7,11,13-14H,5,8-9H2,1H3;5,7H,2-4H2,1H3;6-7H,2-5H2,1H3;5-6H,2-4H2,1H3/t10-,11+,12?;11-,12?;5-;6-;5-/m10011/s1. The first-order chi connectivity index (χ1) is 24.5. The van der Waals surface area contributed by atoms with Crippen LogP contribution in [0.25, 0.3) is 0 Å². The molecular weight excluding hydrogens is 642 g/mol. The average Bonchev–Trinajstić information content (AvgIpc) is 4.00. The number of benzene rings is 2. The second-order valence-electron chi connectivity index (χ2n) is 14.9. The molecule has 288 valence electrons. The number of methoxy groups -OCH3 is 1. The third-order valence-corrected chi connectivity index (χ3v) is 10.7. The molecule has 0 aliphatic carbocycles. The highest BCUT2D eigenvalue weighted by molar-refractivity contribution is 5.75. The van der Waals surface area contributed by atoms with E-state index in [4.69, 9.17) is 0 Å². The predicted molar refractivity (Wildman–Crippen MR) is 207 cm³/mol. The van der Waals surface area contributed by atoms with E-state index in [9.17, 15) is 20.1 Å². The van der Waals surface area contributed by atoms with Gasteiger partial charge in [0.25, 0.3) is 0 Å². The molecule has 7 rings (SSSR count). The van der Waals surface area contributed by atoms with Gasteiger partial charge in [-0.15, -0.1) is 0 Å². The molecule has 2 unspecified atom stereocenters. The molecule has 5 heterocycles. The van der Waals surface area contributed by atoms with Gasteiger partial charge in [0.15, 0.2) is 0 Å². The van der Waals surface area contributed by atoms with Gasteiger partial charge >= 0.3 is 5.97 Å². The number of hydrogen-bond acceptors (Lipinski definition) is 10. The Morgan fingerprint density at radius 2 is 1.25 bits per heavy atom. The first-order valence-corrected chi connectivity index (χ1v) is 19.5. The third kappa shape index (κ3) is 14.5. The Hall–Kier alpha value is -2.41. The molecule has 0 aromatic heterocycles. The topological polar surface area (TPSA) is 147 Å². The van der Waals surface area contributed by atoms with Crippen LogP contribution in [0.1, 0.15) is 103 Å². The van der Waals surface area contributed by atoms with Gasteiger partial charge in [-0.05, 0) is 122 Å². The molecule has 0 radical (unpaired) electrons. The lowest BCUT2D eigenvalue weighted by atomic mass is 9.87. The summed E-state index contributed by atoms with van der Waals surface area (Å²) in [5.74, 6) is -0.132. The number of esters is 1. The number of carbonyl (C=O) groups excluding carboxylic acids is 1. The van der Waals surface area contributed by atoms with Crippen LogP contribution in [0, 0.1) is 0 Å². The molecule has 2 aromatic carbocycles. The number of β-amino-alcohol motifs (C(OH)–C–C–N with tert-alkyl or cyclic N) is 1. The van der Waals surface area contributed by atoms with E-state index in [1.54, 1.807) is 6.92 Å². The third-order valence-electron chi connectivity index (χ3n) is 10.7. The van der Waals surface area contributed by atoms with E-state index in [0.717, 1.165) is 62.0 Å². The Kier molecular flexibility index (Phi) is 19.1. The number of rotatable bonds is 6. The van der Waals surface area contributed by atoms with E-state index < -0.39 is 11.2 Å². The monoisotopic (exact) mass is 712 g/mol. The Balaban J connectivity index is 0.000000180. The second-order valence-corrected chi connectivity index (χ2v) is 14.9. The zero-order valence-corrected chi connectivity index (χ0v) is 32.0. The largest absolute Gasteiger partial charge is 0.468 e. The fraction of sp³-hybridized carbons (Fsp3) is 0.683. The van der Waals surface area contributed by atoms with E-state index in [2.05, 4.69) is 45.2 Å². The van der Waals surface area contributed by atoms with E-state index in [0.29, 0.717) is 13.0 Å². The Bertz CT molecular complexity index is 1190. The minimum Gasteiger partial charge on any atom is -0.468 e. The molecule has 0 bridgehead atoms. The summed E-state index contributed by atoms with van der Waals surface area (Å²) in [5, 5.41) is 46.5. The smallest absolute Gasteiger partial charge is 0.322 e. The van der Waals surface area contributed by atoms with Crippen molar-refractivity contribution in [1.82, 2.24) is 26.6 Å². The van der Waals surface area contributed by atoms with Crippen LogP contribution in [-0.2, 0) is 20.7 Å². The van der Waals surface area contributed by atoms with Crippen molar-refractivity contribution in [3.8, 4) is 0 Å². The number of hydrogen-bond donors (Lipinski definition) is 8. The van der Waals surface area contributed by atoms with Crippen molar-refractivity contribution in [3.63, 3.8) is 0 Å². The summed E-state index contributed by atoms with van der Waals surface area (Å²) in [6.07, 6.45) is 11.3. The van der Waals surface area contributed by atoms with Crippen molar-refractivity contribution < 1.29 is 24.9 Å². The fourth-order valence-corrected chi connectivity index (χ4v) is 7.26. The van der Waals surface area contributed by atoms with Crippen LogP contribution in [0.4, 0.5) is 0 Å². The minimum atomic E-state index is -0.918. The molecule has 10 heteroatoms. The van der Waals surface area contributed by atoms with Crippen LogP contribution in [-0.4, -0.2) is 97.4 Å². The van der Waals surface area contributed by atoms with E-state index in [1.807, 2.05) is 67.6 Å². The molecule has 0 amide bonds. The number of aliphatic hydroxyl groups is 3. The average molecular weight is 712 g/mol. The lowest BCUT2D eigenvalue weighted by Gasteiger charge is -2.30. The summed E-state index contributed by atoms with van der Waals surface area (Å²) >= 11 is 0. The zero-order chi connectivity index (χ0) is 37.1. The van der Waals surface area contributed by atoms with E-state index >= 15 is 0 Å². The Morgan fingerprint density at radius 3 is 1.63 bits per heavy atom. The van der Waals surface area contributed by atoms with E-state index in [-0.39, 0.29) is 30.2 Å². The lowest BCUT2D eigenvalue weighted by Crippen LogP contribution is -2.42. The molecule has 8 atom stereocenters. The molecule has 5 aliphatic rings. The Labute approximate surface area is 307 Å². The van der Waals surface area contributed by atoms with Crippen LogP contribution < -0.4 is 26.6 Å². The molecule has 2 aromatic rings. The summed E-state index contributed by atoms with van der Waals surface area (Å²) < 4.78 is 4.53. The summed E-state index contributed by atoms with van der Waals surface area (Å²) in [4.78, 5) is 10.7. The fourth-order valence-electron chi connectivity index (χ4n) is 7.26. The summed E-state index contributed by atoms with van der Waals surface area (Å²) in [6.45, 7) is 13.2. The Morgan fingerprint density at radius 1 is 0.725 bits per heavy atom. The van der Waals surface area contributed by atoms with Gasteiger partial charge < -0.3 is 46.6 Å². The van der Waals surface area contributed by atoms with Gasteiger partial charge in [-0.1, -0.05) is 67.6 Å². The van der Waals surface area contributed by atoms with Gasteiger partial charge in [-0.2, -0.15) is 0 Å². The summed E-state index contributed by atoms with van der Waals surface area (Å²) in [6, 6.07) is 21.2. The highest BCUT2D eigenvalue weighted by Gasteiger charge is 2.38. The number of carbonyl (C=O) groups is 1. The van der Waals surface area contributed by atoms with Crippen LogP contribution in [0.3, 0.4) is 0 Å². The lowest BCUT2D eigenvalue weighted by molar-refractivity contribution is -0.142.